The molecular formula is C21H14ClFN2O2S2. The van der Waals surface area contributed by atoms with E-state index in [1.807, 2.05) is 60.7 Å². The molecule has 0 radical (unpaired) electrons. The Morgan fingerprint density at radius 2 is 1.52 bits per heavy atom. The zero-order chi connectivity index (χ0) is 20.4. The van der Waals surface area contributed by atoms with Crippen LogP contribution >= 0.6 is 22.9 Å². The number of thiazole rings is 1. The SMILES string of the molecule is O=S(=O)(Nc1nc(-c2ccccc2)c(-c2ccccc2)s1)c1ccc(Cl)cc1F. The average Bonchev–Trinajstić information content (AvgIpc) is 3.12. The van der Waals surface area contributed by atoms with Crippen molar-refractivity contribution >= 4 is 38.1 Å². The summed E-state index contributed by atoms with van der Waals surface area (Å²) in [5.41, 5.74) is 2.41. The molecule has 3 aromatic carbocycles. The molecule has 0 spiro atoms. The molecule has 4 nitrogen and oxygen atoms in total. The van der Waals surface area contributed by atoms with E-state index in [9.17, 15) is 12.8 Å². The summed E-state index contributed by atoms with van der Waals surface area (Å²) in [5.74, 6) is -0.923. The maximum atomic E-state index is 14.1. The van der Waals surface area contributed by atoms with Crippen LogP contribution < -0.4 is 4.72 Å². The summed E-state index contributed by atoms with van der Waals surface area (Å²) < 4.78 is 41.9. The van der Waals surface area contributed by atoms with Crippen molar-refractivity contribution in [1.82, 2.24) is 4.98 Å². The van der Waals surface area contributed by atoms with Crippen LogP contribution in [0.1, 0.15) is 0 Å². The molecule has 0 aliphatic heterocycles. The molecule has 1 N–H and O–H groups in total. The highest BCUT2D eigenvalue weighted by Gasteiger charge is 2.23. The van der Waals surface area contributed by atoms with Crippen LogP contribution in [-0.2, 0) is 10.0 Å². The van der Waals surface area contributed by atoms with Crippen molar-refractivity contribution in [2.45, 2.75) is 4.90 Å². The van der Waals surface area contributed by atoms with Crippen LogP contribution in [0.4, 0.5) is 9.52 Å². The fraction of sp³-hybridized carbons (Fsp3) is 0. The quantitative estimate of drug-likeness (QED) is 0.406. The van der Waals surface area contributed by atoms with E-state index in [1.54, 1.807) is 0 Å². The number of nitrogens with one attached hydrogen (secondary N) is 1. The van der Waals surface area contributed by atoms with E-state index in [1.165, 1.54) is 17.4 Å². The van der Waals surface area contributed by atoms with Gasteiger partial charge in [0.05, 0.1) is 10.6 Å². The minimum atomic E-state index is -4.16. The van der Waals surface area contributed by atoms with Crippen molar-refractivity contribution in [2.24, 2.45) is 0 Å². The smallest absolute Gasteiger partial charge is 0.255 e. The van der Waals surface area contributed by atoms with Crippen molar-refractivity contribution < 1.29 is 12.8 Å². The second-order valence-corrected chi connectivity index (χ2v) is 9.20. The van der Waals surface area contributed by atoms with Gasteiger partial charge in [0, 0.05) is 10.6 Å². The lowest BCUT2D eigenvalue weighted by Gasteiger charge is -2.06. The molecule has 8 heteroatoms. The first kappa shape index (κ1) is 19.6. The normalized spacial score (nSPS) is 11.4. The topological polar surface area (TPSA) is 59.1 Å². The predicted molar refractivity (Wildman–Crippen MR) is 115 cm³/mol. The van der Waals surface area contributed by atoms with Gasteiger partial charge in [-0.3, -0.25) is 4.72 Å². The van der Waals surface area contributed by atoms with Gasteiger partial charge in [-0.25, -0.2) is 17.8 Å². The highest BCUT2D eigenvalue weighted by Crippen LogP contribution is 2.39. The van der Waals surface area contributed by atoms with E-state index < -0.39 is 20.7 Å². The van der Waals surface area contributed by atoms with Gasteiger partial charge in [-0.15, -0.1) is 0 Å². The van der Waals surface area contributed by atoms with Gasteiger partial charge in [0.2, 0.25) is 0 Å². The first-order valence-corrected chi connectivity index (χ1v) is 11.2. The molecule has 0 unspecified atom stereocenters. The Morgan fingerprint density at radius 1 is 0.897 bits per heavy atom. The Bertz CT molecular complexity index is 1200. The van der Waals surface area contributed by atoms with E-state index >= 15 is 0 Å². The molecule has 4 rings (SSSR count). The molecule has 0 saturated heterocycles. The number of aromatic nitrogens is 1. The maximum Gasteiger partial charge on any atom is 0.266 e. The number of rotatable bonds is 5. The van der Waals surface area contributed by atoms with Gasteiger partial charge in [-0.05, 0) is 23.8 Å². The van der Waals surface area contributed by atoms with Crippen molar-refractivity contribution in [1.29, 1.82) is 0 Å². The zero-order valence-corrected chi connectivity index (χ0v) is 17.2. The van der Waals surface area contributed by atoms with Gasteiger partial charge < -0.3 is 0 Å². The lowest BCUT2D eigenvalue weighted by atomic mass is 10.1. The van der Waals surface area contributed by atoms with Crippen molar-refractivity contribution in [3.05, 3.63) is 89.7 Å². The Hall–Kier alpha value is -2.74. The summed E-state index contributed by atoms with van der Waals surface area (Å²) in [4.78, 5) is 4.82. The van der Waals surface area contributed by atoms with Crippen molar-refractivity contribution in [3.63, 3.8) is 0 Å². The first-order chi connectivity index (χ1) is 13.9. The third-order valence-corrected chi connectivity index (χ3v) is 6.87. The van der Waals surface area contributed by atoms with Crippen LogP contribution in [0.25, 0.3) is 21.7 Å². The summed E-state index contributed by atoms with van der Waals surface area (Å²) in [6, 6.07) is 22.4. The van der Waals surface area contributed by atoms with Crippen LogP contribution in [0, 0.1) is 5.82 Å². The van der Waals surface area contributed by atoms with E-state index in [0.29, 0.717) is 5.69 Å². The molecule has 29 heavy (non-hydrogen) atoms. The molecule has 0 bridgehead atoms. The van der Waals surface area contributed by atoms with E-state index in [0.717, 1.165) is 28.1 Å². The number of halogens is 2. The summed E-state index contributed by atoms with van der Waals surface area (Å²) in [7, 11) is -4.16. The fourth-order valence-corrected chi connectivity index (χ4v) is 5.25. The summed E-state index contributed by atoms with van der Waals surface area (Å²) >= 11 is 6.91. The molecule has 1 heterocycles. The van der Waals surface area contributed by atoms with Crippen molar-refractivity contribution in [2.75, 3.05) is 4.72 Å². The molecule has 0 amide bonds. The van der Waals surface area contributed by atoms with E-state index in [2.05, 4.69) is 9.71 Å². The minimum absolute atomic E-state index is 0.119. The number of nitrogens with zero attached hydrogens (tertiary/aromatic N) is 1. The molecule has 1 aromatic heterocycles. The highest BCUT2D eigenvalue weighted by atomic mass is 35.5. The van der Waals surface area contributed by atoms with Crippen LogP contribution in [0.2, 0.25) is 5.02 Å². The predicted octanol–water partition coefficient (Wildman–Crippen LogP) is 6.07. The summed E-state index contributed by atoms with van der Waals surface area (Å²) in [6.07, 6.45) is 0. The monoisotopic (exact) mass is 444 g/mol. The summed E-state index contributed by atoms with van der Waals surface area (Å²) in [5, 5.41) is 0.269. The lowest BCUT2D eigenvalue weighted by Crippen LogP contribution is -2.14. The Balaban J connectivity index is 1.78. The molecule has 4 aromatic rings. The number of hydrogen-bond acceptors (Lipinski definition) is 4. The highest BCUT2D eigenvalue weighted by molar-refractivity contribution is 7.93. The third kappa shape index (κ3) is 4.17. The van der Waals surface area contributed by atoms with Gasteiger partial charge in [0.25, 0.3) is 10.0 Å². The molecule has 0 aliphatic carbocycles. The number of anilines is 1. The fourth-order valence-electron chi connectivity index (χ4n) is 2.80. The molecule has 0 atom stereocenters. The second kappa shape index (κ2) is 7.94. The van der Waals surface area contributed by atoms with Gasteiger partial charge in [0.1, 0.15) is 10.7 Å². The molecular weight excluding hydrogens is 431 g/mol. The zero-order valence-electron chi connectivity index (χ0n) is 14.8. The Morgan fingerprint density at radius 3 is 2.14 bits per heavy atom. The molecule has 0 aliphatic rings. The molecule has 146 valence electrons. The Kier molecular flexibility index (Phi) is 5.36. The van der Waals surface area contributed by atoms with Gasteiger partial charge in [-0.1, -0.05) is 83.6 Å². The number of sulfonamides is 1. The van der Waals surface area contributed by atoms with E-state index in [-0.39, 0.29) is 10.2 Å². The second-order valence-electron chi connectivity index (χ2n) is 6.11. The third-order valence-electron chi connectivity index (χ3n) is 4.12. The van der Waals surface area contributed by atoms with Gasteiger partial charge >= 0.3 is 0 Å². The van der Waals surface area contributed by atoms with Crippen LogP contribution in [-0.4, -0.2) is 13.4 Å². The summed E-state index contributed by atoms with van der Waals surface area (Å²) in [6.45, 7) is 0. The maximum absolute atomic E-state index is 14.1. The minimum Gasteiger partial charge on any atom is -0.255 e. The van der Waals surface area contributed by atoms with Crippen LogP contribution in [0.5, 0.6) is 0 Å². The number of hydrogen-bond donors (Lipinski definition) is 1. The first-order valence-electron chi connectivity index (χ1n) is 8.53. The van der Waals surface area contributed by atoms with E-state index in [4.69, 9.17) is 11.6 Å². The van der Waals surface area contributed by atoms with Crippen LogP contribution in [0.3, 0.4) is 0 Å². The molecule has 0 fully saturated rings. The lowest BCUT2D eigenvalue weighted by molar-refractivity contribution is 0.570. The van der Waals surface area contributed by atoms with Crippen molar-refractivity contribution in [3.8, 4) is 21.7 Å². The average molecular weight is 445 g/mol. The number of benzene rings is 3. The van der Waals surface area contributed by atoms with Crippen LogP contribution in [0.15, 0.2) is 83.8 Å². The largest absolute Gasteiger partial charge is 0.266 e. The van der Waals surface area contributed by atoms with Gasteiger partial charge in [0.15, 0.2) is 5.13 Å². The Labute approximate surface area is 176 Å². The van der Waals surface area contributed by atoms with Gasteiger partial charge in [-0.2, -0.15) is 0 Å². The standard InChI is InChI=1S/C21H14ClFN2O2S2/c22-16-11-12-18(17(23)13-16)29(26,27)25-21-24-19(14-7-3-1-4-8-14)20(28-21)15-9-5-2-6-10-15/h1-13H,(H,24,25). The molecule has 0 saturated carbocycles.